The Hall–Kier alpha value is -4.47. The summed E-state index contributed by atoms with van der Waals surface area (Å²) in [5, 5.41) is 22.0. The summed E-state index contributed by atoms with van der Waals surface area (Å²) in [6.45, 7) is 1.91. The van der Waals surface area contributed by atoms with Crippen molar-refractivity contribution in [1.29, 1.82) is 0 Å². The van der Waals surface area contributed by atoms with Crippen LogP contribution in [-0.4, -0.2) is 62.3 Å². The maximum absolute atomic E-state index is 12.8. The van der Waals surface area contributed by atoms with E-state index in [9.17, 15) is 29.4 Å². The summed E-state index contributed by atoms with van der Waals surface area (Å²) < 4.78 is 1.70. The van der Waals surface area contributed by atoms with E-state index in [0.717, 1.165) is 5.56 Å². The van der Waals surface area contributed by atoms with Crippen LogP contribution in [-0.2, 0) is 25.7 Å². The topological polar surface area (TPSA) is 131 Å². The molecule has 3 N–H and O–H groups in total. The lowest BCUT2D eigenvalue weighted by molar-refractivity contribution is -0.684. The van der Waals surface area contributed by atoms with Gasteiger partial charge >= 0.3 is 5.97 Å². The van der Waals surface area contributed by atoms with Gasteiger partial charge in [0.1, 0.15) is 17.5 Å². The minimum Gasteiger partial charge on any atom is -0.508 e. The number of rotatable bonds is 6. The molecule has 5 rings (SSSR count). The number of hydrogen-bond acceptors (Lipinski definition) is 5. The van der Waals surface area contributed by atoms with Gasteiger partial charge in [-0.15, -0.1) is 0 Å². The molecule has 1 aromatic carbocycles. The molecule has 0 saturated carbocycles. The highest BCUT2D eigenvalue weighted by Gasteiger charge is 2.63. The number of carboxylic acid groups (broad SMARTS) is 1. The lowest BCUT2D eigenvalue weighted by Crippen LogP contribution is -2.69. The van der Waals surface area contributed by atoms with Crippen LogP contribution in [0.25, 0.3) is 6.08 Å². The maximum atomic E-state index is 12.8. The van der Waals surface area contributed by atoms with Crippen LogP contribution in [0.15, 0.2) is 66.1 Å². The molecule has 2 fully saturated rings. The first kappa shape index (κ1) is 23.3. The standard InChI is InChI=1S/C26H24N4O6/c1-15(31)29-13-18-11-17(23(26(35)36)30-22(18)24(29)25(30)34)5-4-16-3-2-10-28(12-16)14-21(33)27-19-6-8-20(32)9-7-19/h2-10,12,18,22,24H,11,13-14H2,1H3,(H2-,27,32,33,35,36)/p+1/t18?,22-,24?/m1/s1. The van der Waals surface area contributed by atoms with Gasteiger partial charge in [-0.2, -0.15) is 4.57 Å². The molecule has 1 aromatic heterocycles. The summed E-state index contributed by atoms with van der Waals surface area (Å²) in [5.74, 6) is -1.85. The number of anilines is 1. The SMILES string of the molecule is CC(=O)N1CC2CC(C=Cc3ccc[n+](CC(=O)Nc4ccc(O)cc4)c3)=C(C(=O)O)N3C(=O)C1[C@@H]23. The van der Waals surface area contributed by atoms with Crippen LogP contribution in [0.2, 0.25) is 0 Å². The van der Waals surface area contributed by atoms with Gasteiger partial charge in [-0.3, -0.25) is 19.3 Å². The second kappa shape index (κ2) is 8.95. The highest BCUT2D eigenvalue weighted by molar-refractivity contribution is 6.02. The number of likely N-dealkylation sites (tertiary alicyclic amines) is 1. The Kier molecular flexibility index (Phi) is 5.79. The molecular weight excluding hydrogens is 464 g/mol. The summed E-state index contributed by atoms with van der Waals surface area (Å²) in [4.78, 5) is 52.1. The molecule has 10 nitrogen and oxygen atoms in total. The van der Waals surface area contributed by atoms with Gasteiger partial charge < -0.3 is 20.4 Å². The molecule has 4 heterocycles. The number of phenols is 1. The van der Waals surface area contributed by atoms with E-state index in [2.05, 4.69) is 5.32 Å². The fraction of sp³-hybridized carbons (Fsp3) is 0.269. The first-order valence-electron chi connectivity index (χ1n) is 11.6. The van der Waals surface area contributed by atoms with Crippen LogP contribution < -0.4 is 9.88 Å². The molecule has 3 aliphatic rings. The van der Waals surface area contributed by atoms with Gasteiger partial charge in [-0.1, -0.05) is 6.08 Å². The smallest absolute Gasteiger partial charge is 0.352 e. The van der Waals surface area contributed by atoms with Crippen molar-refractivity contribution in [2.24, 2.45) is 5.92 Å². The predicted octanol–water partition coefficient (Wildman–Crippen LogP) is 1.13. The average Bonchev–Trinajstić information content (AvgIpc) is 3.20. The zero-order chi connectivity index (χ0) is 25.6. The van der Waals surface area contributed by atoms with Gasteiger partial charge in [0.05, 0.1) is 6.04 Å². The van der Waals surface area contributed by atoms with E-state index in [0.29, 0.717) is 24.2 Å². The summed E-state index contributed by atoms with van der Waals surface area (Å²) in [5.41, 5.74) is 1.81. The number of aromatic nitrogens is 1. The van der Waals surface area contributed by atoms with Crippen molar-refractivity contribution >= 4 is 35.5 Å². The van der Waals surface area contributed by atoms with Crippen LogP contribution >= 0.6 is 0 Å². The van der Waals surface area contributed by atoms with E-state index < -0.39 is 12.0 Å². The molecular formula is C26H25N4O6+. The number of pyridine rings is 1. The molecule has 0 spiro atoms. The van der Waals surface area contributed by atoms with Crippen molar-refractivity contribution < 1.29 is 34.0 Å². The van der Waals surface area contributed by atoms with Gasteiger partial charge in [-0.05, 0) is 48.4 Å². The fourth-order valence-electron chi connectivity index (χ4n) is 5.29. The first-order chi connectivity index (χ1) is 17.2. The molecule has 0 aliphatic carbocycles. The maximum Gasteiger partial charge on any atom is 0.352 e. The summed E-state index contributed by atoms with van der Waals surface area (Å²) >= 11 is 0. The monoisotopic (exact) mass is 489 g/mol. The van der Waals surface area contributed by atoms with Crippen molar-refractivity contribution in [2.75, 3.05) is 11.9 Å². The molecule has 2 aromatic rings. The van der Waals surface area contributed by atoms with Gasteiger partial charge in [0, 0.05) is 36.7 Å². The molecule has 184 valence electrons. The molecule has 3 aliphatic heterocycles. The van der Waals surface area contributed by atoms with E-state index in [4.69, 9.17) is 0 Å². The number of nitrogens with zero attached hydrogens (tertiary/aromatic N) is 3. The number of allylic oxidation sites excluding steroid dienone is 2. The lowest BCUT2D eigenvalue weighted by Gasteiger charge is -2.49. The largest absolute Gasteiger partial charge is 0.508 e. The predicted molar refractivity (Wildman–Crippen MR) is 127 cm³/mol. The zero-order valence-electron chi connectivity index (χ0n) is 19.5. The Bertz CT molecular complexity index is 1330. The summed E-state index contributed by atoms with van der Waals surface area (Å²) in [6.07, 6.45) is 7.42. The van der Waals surface area contributed by atoms with Crippen molar-refractivity contribution in [3.63, 3.8) is 0 Å². The Morgan fingerprint density at radius 1 is 1.17 bits per heavy atom. The number of phenolic OH excluding ortho intramolecular Hbond substituents is 1. The Balaban J connectivity index is 1.33. The second-order valence-corrected chi connectivity index (χ2v) is 9.20. The molecule has 2 saturated heterocycles. The van der Waals surface area contributed by atoms with Gasteiger partial charge in [0.15, 0.2) is 12.4 Å². The van der Waals surface area contributed by atoms with Crippen LogP contribution in [0.5, 0.6) is 5.75 Å². The summed E-state index contributed by atoms with van der Waals surface area (Å²) in [7, 11) is 0. The molecule has 36 heavy (non-hydrogen) atoms. The third-order valence-electron chi connectivity index (χ3n) is 6.83. The third kappa shape index (κ3) is 4.10. The second-order valence-electron chi connectivity index (χ2n) is 9.20. The Morgan fingerprint density at radius 2 is 1.92 bits per heavy atom. The van der Waals surface area contributed by atoms with E-state index in [1.807, 2.05) is 6.07 Å². The lowest BCUT2D eigenvalue weighted by atomic mass is 9.79. The van der Waals surface area contributed by atoms with Crippen LogP contribution in [0.4, 0.5) is 5.69 Å². The number of benzene rings is 1. The number of aliphatic carboxylic acids is 1. The van der Waals surface area contributed by atoms with Crippen LogP contribution in [0, 0.1) is 5.92 Å². The number of carboxylic acids is 1. The molecule has 3 atom stereocenters. The van der Waals surface area contributed by atoms with Crippen molar-refractivity contribution in [2.45, 2.75) is 32.0 Å². The Morgan fingerprint density at radius 3 is 2.61 bits per heavy atom. The minimum atomic E-state index is -1.17. The molecule has 0 bridgehead atoms. The number of carbonyl (C=O) groups is 4. The molecule has 2 unspecified atom stereocenters. The number of hydrogen-bond donors (Lipinski definition) is 3. The average molecular weight is 490 g/mol. The number of carbonyl (C=O) groups excluding carboxylic acids is 3. The van der Waals surface area contributed by atoms with Gasteiger partial charge in [0.25, 0.3) is 11.8 Å². The first-order valence-corrected chi connectivity index (χ1v) is 11.6. The zero-order valence-corrected chi connectivity index (χ0v) is 19.5. The normalized spacial score (nSPS) is 22.5. The van der Waals surface area contributed by atoms with Gasteiger partial charge in [0.2, 0.25) is 12.5 Å². The Labute approximate surface area is 206 Å². The third-order valence-corrected chi connectivity index (χ3v) is 6.83. The quantitative estimate of drug-likeness (QED) is 0.317. The fourth-order valence-corrected chi connectivity index (χ4v) is 5.29. The van der Waals surface area contributed by atoms with E-state index in [1.54, 1.807) is 52.2 Å². The highest BCUT2D eigenvalue weighted by atomic mass is 16.4. The number of aromatic hydroxyl groups is 1. The minimum absolute atomic E-state index is 0.0105. The van der Waals surface area contributed by atoms with Crippen molar-refractivity contribution in [3.05, 3.63) is 71.7 Å². The highest BCUT2D eigenvalue weighted by Crippen LogP contribution is 2.47. The molecule has 3 amide bonds. The number of nitrogens with one attached hydrogen (secondary N) is 1. The van der Waals surface area contributed by atoms with Crippen LogP contribution in [0.3, 0.4) is 0 Å². The van der Waals surface area contributed by atoms with Gasteiger partial charge in [-0.25, -0.2) is 4.79 Å². The van der Waals surface area contributed by atoms with Crippen LogP contribution in [0.1, 0.15) is 18.9 Å². The van der Waals surface area contributed by atoms with Crippen molar-refractivity contribution in [3.8, 4) is 5.75 Å². The molecule has 10 heteroatoms. The van der Waals surface area contributed by atoms with Crippen molar-refractivity contribution in [1.82, 2.24) is 9.80 Å². The molecule has 0 radical (unpaired) electrons. The van der Waals surface area contributed by atoms with E-state index >= 15 is 0 Å². The van der Waals surface area contributed by atoms with E-state index in [1.165, 1.54) is 24.0 Å². The summed E-state index contributed by atoms with van der Waals surface area (Å²) in [6, 6.07) is 8.94. The van der Waals surface area contributed by atoms with E-state index in [-0.39, 0.29) is 47.7 Å². The number of amides is 3. The number of β-lactam (4-membered cyclic amide) rings is 1.